The molecular formula is C19H27N5O. The summed E-state index contributed by atoms with van der Waals surface area (Å²) in [6.45, 7) is 5.93. The fourth-order valence-corrected chi connectivity index (χ4v) is 4.59. The minimum atomic E-state index is 0.0916. The number of aromatic nitrogens is 3. The smallest absolute Gasteiger partial charge is 0.259 e. The highest BCUT2D eigenvalue weighted by molar-refractivity contribution is 6.00. The first-order valence-electron chi connectivity index (χ1n) is 9.39. The molecule has 0 aromatic carbocycles. The number of likely N-dealkylation sites (N-methyl/N-ethyl adjacent to an activating group) is 1. The first kappa shape index (κ1) is 16.5. The molecule has 2 aromatic heterocycles. The minimum absolute atomic E-state index is 0.0916. The van der Waals surface area contributed by atoms with Crippen LogP contribution in [-0.4, -0.2) is 62.5 Å². The SMILES string of the molecule is Cc1cc(C)n2ncc(C(=O)N3CC[C@H]4[C@H]3CCCCCN4C)c2n1. The van der Waals surface area contributed by atoms with E-state index in [1.165, 1.54) is 19.3 Å². The summed E-state index contributed by atoms with van der Waals surface area (Å²) in [5, 5.41) is 4.40. The summed E-state index contributed by atoms with van der Waals surface area (Å²) in [4.78, 5) is 22.4. The molecule has 134 valence electrons. The average molecular weight is 341 g/mol. The molecule has 25 heavy (non-hydrogen) atoms. The summed E-state index contributed by atoms with van der Waals surface area (Å²) >= 11 is 0. The molecule has 0 saturated carbocycles. The topological polar surface area (TPSA) is 53.7 Å². The van der Waals surface area contributed by atoms with Crippen LogP contribution >= 0.6 is 0 Å². The molecule has 0 spiro atoms. The van der Waals surface area contributed by atoms with Gasteiger partial charge >= 0.3 is 0 Å². The van der Waals surface area contributed by atoms with Gasteiger partial charge in [0.1, 0.15) is 5.56 Å². The normalized spacial score (nSPS) is 25.0. The number of hydrogen-bond donors (Lipinski definition) is 0. The fraction of sp³-hybridized carbons (Fsp3) is 0.632. The molecule has 2 saturated heterocycles. The summed E-state index contributed by atoms with van der Waals surface area (Å²) in [5.74, 6) is 0.0916. The zero-order valence-electron chi connectivity index (χ0n) is 15.4. The zero-order valence-corrected chi connectivity index (χ0v) is 15.4. The van der Waals surface area contributed by atoms with Crippen LogP contribution in [0.4, 0.5) is 0 Å². The number of fused-ring (bicyclic) bond motifs is 2. The van der Waals surface area contributed by atoms with E-state index in [1.807, 2.05) is 19.9 Å². The van der Waals surface area contributed by atoms with E-state index in [0.29, 0.717) is 23.3 Å². The Labute approximate surface area is 148 Å². The van der Waals surface area contributed by atoms with Gasteiger partial charge in [0.15, 0.2) is 5.65 Å². The largest absolute Gasteiger partial charge is 0.334 e. The molecule has 2 atom stereocenters. The van der Waals surface area contributed by atoms with E-state index in [4.69, 9.17) is 0 Å². The Balaban J connectivity index is 1.67. The third-order valence-electron chi connectivity index (χ3n) is 5.86. The van der Waals surface area contributed by atoms with E-state index in [2.05, 4.69) is 26.9 Å². The Morgan fingerprint density at radius 3 is 2.80 bits per heavy atom. The molecule has 6 nitrogen and oxygen atoms in total. The van der Waals surface area contributed by atoms with E-state index in [1.54, 1.807) is 10.7 Å². The van der Waals surface area contributed by atoms with Gasteiger partial charge in [-0.05, 0) is 52.8 Å². The van der Waals surface area contributed by atoms with Crippen molar-refractivity contribution < 1.29 is 4.79 Å². The molecule has 0 bridgehead atoms. The first-order valence-corrected chi connectivity index (χ1v) is 9.39. The molecule has 6 heteroatoms. The lowest BCUT2D eigenvalue weighted by molar-refractivity contribution is 0.0671. The average Bonchev–Trinajstić information content (AvgIpc) is 3.16. The van der Waals surface area contributed by atoms with E-state index in [0.717, 1.165) is 37.3 Å². The second-order valence-electron chi connectivity index (χ2n) is 7.58. The lowest BCUT2D eigenvalue weighted by Crippen LogP contribution is -2.46. The predicted molar refractivity (Wildman–Crippen MR) is 96.8 cm³/mol. The highest BCUT2D eigenvalue weighted by Gasteiger charge is 2.40. The Kier molecular flexibility index (Phi) is 4.23. The van der Waals surface area contributed by atoms with Crippen molar-refractivity contribution in [1.82, 2.24) is 24.4 Å². The van der Waals surface area contributed by atoms with Gasteiger partial charge in [0.25, 0.3) is 5.91 Å². The maximum absolute atomic E-state index is 13.3. The Hall–Kier alpha value is -1.95. The van der Waals surface area contributed by atoms with Crippen LogP contribution in [-0.2, 0) is 0 Å². The molecule has 2 fully saturated rings. The van der Waals surface area contributed by atoms with Crippen LogP contribution in [0.15, 0.2) is 12.3 Å². The maximum Gasteiger partial charge on any atom is 0.259 e. The Morgan fingerprint density at radius 1 is 1.12 bits per heavy atom. The monoisotopic (exact) mass is 341 g/mol. The first-order chi connectivity index (χ1) is 12.1. The quantitative estimate of drug-likeness (QED) is 0.799. The lowest BCUT2D eigenvalue weighted by atomic mass is 9.97. The van der Waals surface area contributed by atoms with Crippen LogP contribution in [0, 0.1) is 13.8 Å². The molecule has 2 aliphatic rings. The number of aryl methyl sites for hydroxylation is 2. The zero-order chi connectivity index (χ0) is 17.6. The highest BCUT2D eigenvalue weighted by atomic mass is 16.2. The van der Waals surface area contributed by atoms with Crippen molar-refractivity contribution in [3.63, 3.8) is 0 Å². The van der Waals surface area contributed by atoms with E-state index < -0.39 is 0 Å². The van der Waals surface area contributed by atoms with Gasteiger partial charge in [-0.1, -0.05) is 12.8 Å². The van der Waals surface area contributed by atoms with Gasteiger partial charge in [-0.3, -0.25) is 4.79 Å². The predicted octanol–water partition coefficient (Wildman–Crippen LogP) is 2.44. The van der Waals surface area contributed by atoms with Crippen molar-refractivity contribution >= 4 is 11.6 Å². The molecule has 0 aliphatic carbocycles. The van der Waals surface area contributed by atoms with Gasteiger partial charge in [-0.25, -0.2) is 9.50 Å². The summed E-state index contributed by atoms with van der Waals surface area (Å²) in [6, 6.07) is 2.80. The van der Waals surface area contributed by atoms with Crippen LogP contribution in [0.1, 0.15) is 53.8 Å². The summed E-state index contributed by atoms with van der Waals surface area (Å²) in [6.07, 6.45) is 7.60. The van der Waals surface area contributed by atoms with Gasteiger partial charge in [-0.2, -0.15) is 5.10 Å². The van der Waals surface area contributed by atoms with Crippen molar-refractivity contribution in [1.29, 1.82) is 0 Å². The molecule has 4 rings (SSSR count). The number of carbonyl (C=O) groups excluding carboxylic acids is 1. The van der Waals surface area contributed by atoms with Crippen LogP contribution in [0.5, 0.6) is 0 Å². The van der Waals surface area contributed by atoms with Crippen molar-refractivity contribution in [3.8, 4) is 0 Å². The molecular weight excluding hydrogens is 314 g/mol. The third kappa shape index (κ3) is 2.82. The Morgan fingerprint density at radius 2 is 1.96 bits per heavy atom. The van der Waals surface area contributed by atoms with Crippen LogP contribution in [0.2, 0.25) is 0 Å². The van der Waals surface area contributed by atoms with Crippen molar-refractivity contribution in [2.45, 2.75) is 58.0 Å². The molecule has 0 N–H and O–H groups in total. The standard InChI is InChI=1S/C19H27N5O/c1-13-11-14(2)24-18(21-13)15(12-20-24)19(25)23-10-8-16-17(23)7-5-4-6-9-22(16)3/h11-12,16-17H,4-10H2,1-3H3/t16-,17+/m0/s1. The number of likely N-dealkylation sites (tertiary alicyclic amines) is 2. The van der Waals surface area contributed by atoms with Crippen LogP contribution in [0.3, 0.4) is 0 Å². The van der Waals surface area contributed by atoms with Crippen LogP contribution in [0.25, 0.3) is 5.65 Å². The number of carbonyl (C=O) groups is 1. The molecule has 2 aromatic rings. The molecule has 4 heterocycles. The van der Waals surface area contributed by atoms with Gasteiger partial charge in [0, 0.05) is 30.0 Å². The van der Waals surface area contributed by atoms with Crippen molar-refractivity contribution in [3.05, 3.63) is 29.2 Å². The van der Waals surface area contributed by atoms with Gasteiger partial charge in [0.05, 0.1) is 6.20 Å². The van der Waals surface area contributed by atoms with Gasteiger partial charge in [-0.15, -0.1) is 0 Å². The minimum Gasteiger partial charge on any atom is -0.334 e. The fourth-order valence-electron chi connectivity index (χ4n) is 4.59. The second kappa shape index (κ2) is 6.41. The number of hydrogen-bond acceptors (Lipinski definition) is 4. The third-order valence-corrected chi connectivity index (χ3v) is 5.86. The molecule has 0 unspecified atom stereocenters. The maximum atomic E-state index is 13.3. The number of rotatable bonds is 1. The van der Waals surface area contributed by atoms with E-state index in [9.17, 15) is 4.79 Å². The van der Waals surface area contributed by atoms with Crippen molar-refractivity contribution in [2.75, 3.05) is 20.1 Å². The summed E-state index contributed by atoms with van der Waals surface area (Å²) < 4.78 is 1.78. The molecule has 1 amide bonds. The second-order valence-corrected chi connectivity index (χ2v) is 7.58. The van der Waals surface area contributed by atoms with Gasteiger partial charge < -0.3 is 9.80 Å². The van der Waals surface area contributed by atoms with Crippen molar-refractivity contribution in [2.24, 2.45) is 0 Å². The lowest BCUT2D eigenvalue weighted by Gasteiger charge is -2.35. The number of amides is 1. The van der Waals surface area contributed by atoms with E-state index in [-0.39, 0.29) is 5.91 Å². The Bertz CT molecular complexity index is 798. The van der Waals surface area contributed by atoms with Crippen LogP contribution < -0.4 is 0 Å². The summed E-state index contributed by atoms with van der Waals surface area (Å²) in [5.41, 5.74) is 3.25. The molecule has 2 aliphatic heterocycles. The van der Waals surface area contributed by atoms with E-state index >= 15 is 0 Å². The highest BCUT2D eigenvalue weighted by Crippen LogP contribution is 2.30. The number of nitrogens with zero attached hydrogens (tertiary/aromatic N) is 5. The molecule has 0 radical (unpaired) electrons. The summed E-state index contributed by atoms with van der Waals surface area (Å²) in [7, 11) is 2.21. The van der Waals surface area contributed by atoms with Gasteiger partial charge in [0.2, 0.25) is 0 Å².